The summed E-state index contributed by atoms with van der Waals surface area (Å²) in [6, 6.07) is 8.14. The highest BCUT2D eigenvalue weighted by Gasteiger charge is 1.99. The van der Waals surface area contributed by atoms with Crippen LogP contribution in [0, 0.1) is 12.7 Å². The van der Waals surface area contributed by atoms with Crippen molar-refractivity contribution in [2.75, 3.05) is 5.32 Å². The van der Waals surface area contributed by atoms with Crippen molar-refractivity contribution in [1.82, 2.24) is 5.16 Å². The topological polar surface area (TPSA) is 38.1 Å². The van der Waals surface area contributed by atoms with Crippen molar-refractivity contribution in [3.63, 3.8) is 0 Å². The molecule has 15 heavy (non-hydrogen) atoms. The minimum atomic E-state index is -0.226. The van der Waals surface area contributed by atoms with Crippen LogP contribution in [-0.4, -0.2) is 5.16 Å². The van der Waals surface area contributed by atoms with Crippen LogP contribution in [0.3, 0.4) is 0 Å². The Kier molecular flexibility index (Phi) is 2.67. The van der Waals surface area contributed by atoms with Crippen LogP contribution in [-0.2, 0) is 6.54 Å². The normalized spacial score (nSPS) is 10.3. The highest BCUT2D eigenvalue weighted by Crippen LogP contribution is 2.09. The molecular formula is C11H11FN2O. The lowest BCUT2D eigenvalue weighted by atomic mass is 10.2. The van der Waals surface area contributed by atoms with Gasteiger partial charge in [-0.3, -0.25) is 0 Å². The number of hydrogen-bond donors (Lipinski definition) is 1. The quantitative estimate of drug-likeness (QED) is 0.839. The van der Waals surface area contributed by atoms with E-state index >= 15 is 0 Å². The Morgan fingerprint density at radius 1 is 1.33 bits per heavy atom. The molecule has 2 aromatic rings. The van der Waals surface area contributed by atoms with Gasteiger partial charge in [-0.05, 0) is 24.6 Å². The summed E-state index contributed by atoms with van der Waals surface area (Å²) in [4.78, 5) is 0. The van der Waals surface area contributed by atoms with Crippen molar-refractivity contribution in [3.8, 4) is 0 Å². The fraction of sp³-hybridized carbons (Fsp3) is 0.182. The van der Waals surface area contributed by atoms with E-state index in [-0.39, 0.29) is 5.82 Å². The van der Waals surface area contributed by atoms with Gasteiger partial charge >= 0.3 is 0 Å². The molecule has 0 aliphatic heterocycles. The Morgan fingerprint density at radius 2 is 2.07 bits per heavy atom. The van der Waals surface area contributed by atoms with Crippen molar-refractivity contribution in [2.45, 2.75) is 13.5 Å². The minimum Gasteiger partial charge on any atom is -0.363 e. The van der Waals surface area contributed by atoms with Crippen LogP contribution in [0.2, 0.25) is 0 Å². The first kappa shape index (κ1) is 9.71. The Labute approximate surface area is 86.9 Å². The maximum Gasteiger partial charge on any atom is 0.169 e. The summed E-state index contributed by atoms with van der Waals surface area (Å²) < 4.78 is 17.5. The van der Waals surface area contributed by atoms with Gasteiger partial charge in [0.25, 0.3) is 0 Å². The molecular weight excluding hydrogens is 195 g/mol. The maximum atomic E-state index is 12.6. The number of aryl methyl sites for hydroxylation is 1. The van der Waals surface area contributed by atoms with Crippen molar-refractivity contribution in [1.29, 1.82) is 0 Å². The second-order valence-corrected chi connectivity index (χ2v) is 3.30. The van der Waals surface area contributed by atoms with E-state index in [0.29, 0.717) is 12.4 Å². The van der Waals surface area contributed by atoms with Crippen molar-refractivity contribution < 1.29 is 8.91 Å². The first-order valence-corrected chi connectivity index (χ1v) is 4.66. The van der Waals surface area contributed by atoms with Crippen LogP contribution in [0.4, 0.5) is 10.2 Å². The van der Waals surface area contributed by atoms with E-state index in [1.54, 1.807) is 12.1 Å². The number of nitrogens with one attached hydrogen (secondary N) is 1. The third-order valence-electron chi connectivity index (χ3n) is 2.01. The molecule has 4 heteroatoms. The zero-order valence-electron chi connectivity index (χ0n) is 8.33. The summed E-state index contributed by atoms with van der Waals surface area (Å²) in [5, 5.41) is 6.86. The number of rotatable bonds is 3. The van der Waals surface area contributed by atoms with Gasteiger partial charge in [-0.1, -0.05) is 17.3 Å². The van der Waals surface area contributed by atoms with Crippen LogP contribution in [0.5, 0.6) is 0 Å². The summed E-state index contributed by atoms with van der Waals surface area (Å²) in [6.45, 7) is 2.43. The Hall–Kier alpha value is -1.84. The van der Waals surface area contributed by atoms with E-state index in [4.69, 9.17) is 4.52 Å². The molecule has 0 amide bonds. The second kappa shape index (κ2) is 4.13. The van der Waals surface area contributed by atoms with Crippen molar-refractivity contribution in [2.24, 2.45) is 0 Å². The number of nitrogens with zero attached hydrogens (tertiary/aromatic N) is 1. The van der Waals surface area contributed by atoms with Gasteiger partial charge in [-0.25, -0.2) is 4.39 Å². The van der Waals surface area contributed by atoms with Crippen molar-refractivity contribution in [3.05, 3.63) is 47.5 Å². The van der Waals surface area contributed by atoms with Gasteiger partial charge in [-0.15, -0.1) is 0 Å². The molecule has 0 fully saturated rings. The van der Waals surface area contributed by atoms with Gasteiger partial charge < -0.3 is 9.84 Å². The zero-order chi connectivity index (χ0) is 10.7. The molecule has 3 nitrogen and oxygen atoms in total. The molecule has 0 radical (unpaired) electrons. The van der Waals surface area contributed by atoms with E-state index in [1.165, 1.54) is 12.1 Å². The average molecular weight is 206 g/mol. The third kappa shape index (κ3) is 2.56. The van der Waals surface area contributed by atoms with Gasteiger partial charge in [0.05, 0.1) is 0 Å². The van der Waals surface area contributed by atoms with Gasteiger partial charge in [0.2, 0.25) is 0 Å². The number of aromatic nitrogens is 1. The van der Waals surface area contributed by atoms with E-state index < -0.39 is 0 Å². The molecule has 78 valence electrons. The molecule has 0 aliphatic carbocycles. The number of hydrogen-bond acceptors (Lipinski definition) is 3. The molecule has 1 aromatic carbocycles. The maximum absolute atomic E-state index is 12.6. The van der Waals surface area contributed by atoms with Crippen LogP contribution >= 0.6 is 0 Å². The monoisotopic (exact) mass is 206 g/mol. The molecule has 0 unspecified atom stereocenters. The summed E-state index contributed by atoms with van der Waals surface area (Å²) in [5.74, 6) is 1.23. The molecule has 0 saturated carbocycles. The van der Waals surface area contributed by atoms with E-state index in [1.807, 2.05) is 13.0 Å². The van der Waals surface area contributed by atoms with Crippen molar-refractivity contribution >= 4 is 5.82 Å². The number of halogens is 1. The molecule has 0 bridgehead atoms. The molecule has 1 N–H and O–H groups in total. The second-order valence-electron chi connectivity index (χ2n) is 3.30. The highest BCUT2D eigenvalue weighted by molar-refractivity contribution is 5.34. The molecule has 0 spiro atoms. The average Bonchev–Trinajstić information content (AvgIpc) is 2.64. The molecule has 2 rings (SSSR count). The highest BCUT2D eigenvalue weighted by atomic mass is 19.1. The van der Waals surface area contributed by atoms with E-state index in [0.717, 1.165) is 11.3 Å². The van der Waals surface area contributed by atoms with E-state index in [2.05, 4.69) is 10.5 Å². The summed E-state index contributed by atoms with van der Waals surface area (Å²) in [5.41, 5.74) is 0.997. The molecule has 1 aromatic heterocycles. The lowest BCUT2D eigenvalue weighted by Crippen LogP contribution is -1.99. The predicted octanol–water partition coefficient (Wildman–Crippen LogP) is 2.73. The SMILES string of the molecule is Cc1cc(NCc2ccc(F)cc2)no1. The first-order valence-electron chi connectivity index (χ1n) is 4.66. The standard InChI is InChI=1S/C11H11FN2O/c1-8-6-11(14-15-8)13-7-9-2-4-10(12)5-3-9/h2-6H,7H2,1H3,(H,13,14). The zero-order valence-corrected chi connectivity index (χ0v) is 8.33. The number of benzene rings is 1. The molecule has 0 aliphatic rings. The van der Waals surface area contributed by atoms with Gasteiger partial charge in [-0.2, -0.15) is 0 Å². The molecule has 0 saturated heterocycles. The smallest absolute Gasteiger partial charge is 0.169 e. The Balaban J connectivity index is 1.96. The summed E-state index contributed by atoms with van der Waals surface area (Å²) in [7, 11) is 0. The van der Waals surface area contributed by atoms with Crippen LogP contribution in [0.25, 0.3) is 0 Å². The fourth-order valence-electron chi connectivity index (χ4n) is 1.24. The van der Waals surface area contributed by atoms with Crippen LogP contribution in [0.15, 0.2) is 34.9 Å². The summed E-state index contributed by atoms with van der Waals surface area (Å²) in [6.07, 6.45) is 0. The Bertz CT molecular complexity index is 436. The third-order valence-corrected chi connectivity index (χ3v) is 2.01. The first-order chi connectivity index (χ1) is 7.24. The van der Waals surface area contributed by atoms with Gasteiger partial charge in [0.15, 0.2) is 5.82 Å². The van der Waals surface area contributed by atoms with Crippen LogP contribution in [0.1, 0.15) is 11.3 Å². The molecule has 0 atom stereocenters. The van der Waals surface area contributed by atoms with Gasteiger partial charge in [0.1, 0.15) is 11.6 Å². The summed E-state index contributed by atoms with van der Waals surface area (Å²) >= 11 is 0. The predicted molar refractivity (Wildman–Crippen MR) is 55.0 cm³/mol. The van der Waals surface area contributed by atoms with E-state index in [9.17, 15) is 4.39 Å². The minimum absolute atomic E-state index is 0.226. The largest absolute Gasteiger partial charge is 0.363 e. The van der Waals surface area contributed by atoms with Gasteiger partial charge in [0, 0.05) is 12.6 Å². The lowest BCUT2D eigenvalue weighted by Gasteiger charge is -2.01. The fourth-order valence-corrected chi connectivity index (χ4v) is 1.24. The molecule has 1 heterocycles. The lowest BCUT2D eigenvalue weighted by molar-refractivity contribution is 0.399. The Morgan fingerprint density at radius 3 is 2.67 bits per heavy atom. The number of anilines is 1. The van der Waals surface area contributed by atoms with Crippen LogP contribution < -0.4 is 5.32 Å².